The quantitative estimate of drug-likeness (QED) is 0.751. The summed E-state index contributed by atoms with van der Waals surface area (Å²) in [5, 5.41) is 3.62. The largest absolute Gasteiger partial charge is 0.312 e. The standard InChI is InChI=1S/C14H32N2/c1-11(2)16(12(3)4)10-9-15-13(5)14(6,7)8/h11-13,15H,9-10H2,1-8H3. The van der Waals surface area contributed by atoms with Gasteiger partial charge < -0.3 is 5.32 Å². The molecule has 0 aliphatic carbocycles. The summed E-state index contributed by atoms with van der Waals surface area (Å²) >= 11 is 0. The second-order valence-corrected chi connectivity index (χ2v) is 6.47. The summed E-state index contributed by atoms with van der Waals surface area (Å²) in [5.41, 5.74) is 0.348. The van der Waals surface area contributed by atoms with Gasteiger partial charge in [-0.2, -0.15) is 0 Å². The molecule has 0 radical (unpaired) electrons. The molecule has 0 saturated carbocycles. The van der Waals surface area contributed by atoms with Crippen molar-refractivity contribution >= 4 is 0 Å². The van der Waals surface area contributed by atoms with Crippen LogP contribution in [0.15, 0.2) is 0 Å². The van der Waals surface area contributed by atoms with Crippen molar-refractivity contribution in [3.63, 3.8) is 0 Å². The monoisotopic (exact) mass is 228 g/mol. The van der Waals surface area contributed by atoms with E-state index in [-0.39, 0.29) is 0 Å². The molecule has 1 N–H and O–H groups in total. The highest BCUT2D eigenvalue weighted by molar-refractivity contribution is 4.77. The molecule has 0 aromatic carbocycles. The van der Waals surface area contributed by atoms with Crippen molar-refractivity contribution < 1.29 is 0 Å². The van der Waals surface area contributed by atoms with Gasteiger partial charge in [0.1, 0.15) is 0 Å². The third-order valence-corrected chi connectivity index (χ3v) is 3.45. The minimum atomic E-state index is 0.348. The highest BCUT2D eigenvalue weighted by Crippen LogP contribution is 2.18. The molecule has 0 amide bonds. The Bertz CT molecular complexity index is 172. The van der Waals surface area contributed by atoms with E-state index in [2.05, 4.69) is 65.6 Å². The van der Waals surface area contributed by atoms with Crippen LogP contribution in [0.25, 0.3) is 0 Å². The Morgan fingerprint density at radius 2 is 1.38 bits per heavy atom. The number of hydrogen-bond acceptors (Lipinski definition) is 2. The first kappa shape index (κ1) is 15.9. The third-order valence-electron chi connectivity index (χ3n) is 3.45. The summed E-state index contributed by atoms with van der Waals surface area (Å²) in [4.78, 5) is 2.53. The zero-order valence-electron chi connectivity index (χ0n) is 12.6. The Morgan fingerprint density at radius 3 is 1.69 bits per heavy atom. The zero-order chi connectivity index (χ0) is 12.9. The van der Waals surface area contributed by atoms with Crippen molar-refractivity contribution in [2.45, 2.75) is 73.5 Å². The molecule has 2 nitrogen and oxygen atoms in total. The molecule has 2 heteroatoms. The Labute approximate surface area is 103 Å². The van der Waals surface area contributed by atoms with Crippen LogP contribution in [0, 0.1) is 5.41 Å². The molecular weight excluding hydrogens is 196 g/mol. The first-order valence-corrected chi connectivity index (χ1v) is 6.65. The molecule has 1 atom stereocenters. The fraction of sp³-hybridized carbons (Fsp3) is 1.00. The van der Waals surface area contributed by atoms with Gasteiger partial charge in [-0.3, -0.25) is 4.90 Å². The average Bonchev–Trinajstić information content (AvgIpc) is 2.08. The van der Waals surface area contributed by atoms with E-state index < -0.39 is 0 Å². The summed E-state index contributed by atoms with van der Waals surface area (Å²) in [6.45, 7) is 20.4. The first-order chi connectivity index (χ1) is 7.16. The minimum absolute atomic E-state index is 0.348. The lowest BCUT2D eigenvalue weighted by molar-refractivity contribution is 0.168. The van der Waals surface area contributed by atoms with Crippen LogP contribution in [-0.2, 0) is 0 Å². The highest BCUT2D eigenvalue weighted by Gasteiger charge is 2.20. The Kier molecular flexibility index (Phi) is 6.57. The molecule has 1 unspecified atom stereocenters. The van der Waals surface area contributed by atoms with Gasteiger partial charge in [-0.1, -0.05) is 20.8 Å². The fourth-order valence-corrected chi connectivity index (χ4v) is 1.83. The Hall–Kier alpha value is -0.0800. The second-order valence-electron chi connectivity index (χ2n) is 6.47. The molecule has 0 fully saturated rings. The van der Waals surface area contributed by atoms with E-state index in [9.17, 15) is 0 Å². The number of hydrogen-bond donors (Lipinski definition) is 1. The molecule has 0 rings (SSSR count). The smallest absolute Gasteiger partial charge is 0.0112 e. The highest BCUT2D eigenvalue weighted by atomic mass is 15.2. The first-order valence-electron chi connectivity index (χ1n) is 6.65. The Balaban J connectivity index is 3.96. The van der Waals surface area contributed by atoms with Crippen molar-refractivity contribution in [3.8, 4) is 0 Å². The van der Waals surface area contributed by atoms with Crippen LogP contribution in [0.4, 0.5) is 0 Å². The third kappa shape index (κ3) is 5.86. The lowest BCUT2D eigenvalue weighted by Gasteiger charge is -2.33. The summed E-state index contributed by atoms with van der Waals surface area (Å²) < 4.78 is 0. The van der Waals surface area contributed by atoms with E-state index in [1.165, 1.54) is 0 Å². The van der Waals surface area contributed by atoms with E-state index in [1.807, 2.05) is 0 Å². The molecule has 0 heterocycles. The van der Waals surface area contributed by atoms with E-state index in [1.54, 1.807) is 0 Å². The van der Waals surface area contributed by atoms with Crippen molar-refractivity contribution in [2.24, 2.45) is 5.41 Å². The molecule has 0 aliphatic rings. The summed E-state index contributed by atoms with van der Waals surface area (Å²) in [5.74, 6) is 0. The Morgan fingerprint density at radius 1 is 0.938 bits per heavy atom. The van der Waals surface area contributed by atoms with Crippen LogP contribution in [0.3, 0.4) is 0 Å². The van der Waals surface area contributed by atoms with Gasteiger partial charge in [0, 0.05) is 31.2 Å². The van der Waals surface area contributed by atoms with Crippen molar-refractivity contribution in [1.29, 1.82) is 0 Å². The number of nitrogens with one attached hydrogen (secondary N) is 1. The molecular formula is C14H32N2. The summed E-state index contributed by atoms with van der Waals surface area (Å²) in [7, 11) is 0. The van der Waals surface area contributed by atoms with Gasteiger partial charge in [0.2, 0.25) is 0 Å². The van der Waals surface area contributed by atoms with Gasteiger partial charge in [-0.15, -0.1) is 0 Å². The molecule has 0 spiro atoms. The maximum absolute atomic E-state index is 3.62. The number of rotatable bonds is 6. The molecule has 16 heavy (non-hydrogen) atoms. The second kappa shape index (κ2) is 6.61. The zero-order valence-corrected chi connectivity index (χ0v) is 12.6. The van der Waals surface area contributed by atoms with E-state index in [0.29, 0.717) is 23.5 Å². The van der Waals surface area contributed by atoms with Crippen molar-refractivity contribution in [1.82, 2.24) is 10.2 Å². The summed E-state index contributed by atoms with van der Waals surface area (Å²) in [6.07, 6.45) is 0. The van der Waals surface area contributed by atoms with Crippen molar-refractivity contribution in [3.05, 3.63) is 0 Å². The van der Waals surface area contributed by atoms with E-state index >= 15 is 0 Å². The number of nitrogens with zero attached hydrogens (tertiary/aromatic N) is 1. The van der Waals surface area contributed by atoms with Gasteiger partial charge in [-0.05, 0) is 40.0 Å². The van der Waals surface area contributed by atoms with Gasteiger partial charge in [-0.25, -0.2) is 0 Å². The fourth-order valence-electron chi connectivity index (χ4n) is 1.83. The van der Waals surface area contributed by atoms with Gasteiger partial charge >= 0.3 is 0 Å². The topological polar surface area (TPSA) is 15.3 Å². The maximum Gasteiger partial charge on any atom is 0.0112 e. The predicted molar refractivity (Wildman–Crippen MR) is 73.9 cm³/mol. The van der Waals surface area contributed by atoms with Crippen LogP contribution >= 0.6 is 0 Å². The normalized spacial score (nSPS) is 15.2. The van der Waals surface area contributed by atoms with Gasteiger partial charge in [0.05, 0.1) is 0 Å². The van der Waals surface area contributed by atoms with Crippen LogP contribution in [-0.4, -0.2) is 36.1 Å². The maximum atomic E-state index is 3.62. The van der Waals surface area contributed by atoms with E-state index in [0.717, 1.165) is 13.1 Å². The molecule has 0 aliphatic heterocycles. The predicted octanol–water partition coefficient (Wildman–Crippen LogP) is 3.13. The SMILES string of the molecule is CC(C)N(CCNC(C)C(C)(C)C)C(C)C. The lowest BCUT2D eigenvalue weighted by atomic mass is 9.88. The van der Waals surface area contributed by atoms with Crippen LogP contribution in [0.1, 0.15) is 55.4 Å². The minimum Gasteiger partial charge on any atom is -0.312 e. The van der Waals surface area contributed by atoms with Crippen LogP contribution in [0.2, 0.25) is 0 Å². The van der Waals surface area contributed by atoms with Gasteiger partial charge in [0.25, 0.3) is 0 Å². The molecule has 0 aromatic rings. The van der Waals surface area contributed by atoms with Crippen molar-refractivity contribution in [2.75, 3.05) is 13.1 Å². The average molecular weight is 228 g/mol. The molecule has 98 valence electrons. The lowest BCUT2D eigenvalue weighted by Crippen LogP contribution is -2.45. The summed E-state index contributed by atoms with van der Waals surface area (Å²) in [6, 6.07) is 1.83. The molecule has 0 saturated heterocycles. The molecule has 0 bridgehead atoms. The van der Waals surface area contributed by atoms with E-state index in [4.69, 9.17) is 0 Å². The van der Waals surface area contributed by atoms with Gasteiger partial charge in [0.15, 0.2) is 0 Å². The van der Waals surface area contributed by atoms with Crippen LogP contribution < -0.4 is 5.32 Å². The molecule has 0 aromatic heterocycles. The van der Waals surface area contributed by atoms with Crippen LogP contribution in [0.5, 0.6) is 0 Å².